The van der Waals surface area contributed by atoms with E-state index < -0.39 is 10.0 Å². The van der Waals surface area contributed by atoms with Crippen LogP contribution in [0, 0.1) is 0 Å². The van der Waals surface area contributed by atoms with Crippen molar-refractivity contribution in [3.63, 3.8) is 0 Å². The van der Waals surface area contributed by atoms with Crippen LogP contribution in [0.5, 0.6) is 0 Å². The van der Waals surface area contributed by atoms with E-state index in [1.165, 1.54) is 5.69 Å². The maximum atomic E-state index is 11.2. The molecule has 0 atom stereocenters. The van der Waals surface area contributed by atoms with Crippen LogP contribution in [0.4, 0.5) is 5.69 Å². The van der Waals surface area contributed by atoms with Gasteiger partial charge in [0.25, 0.3) is 0 Å². The first-order valence-electron chi connectivity index (χ1n) is 5.92. The fraction of sp³-hybridized carbons (Fsp3) is 0.500. The molecule has 1 rings (SSSR count). The van der Waals surface area contributed by atoms with Gasteiger partial charge in [0, 0.05) is 25.3 Å². The summed E-state index contributed by atoms with van der Waals surface area (Å²) in [7, 11) is -3.14. The van der Waals surface area contributed by atoms with Crippen molar-refractivity contribution < 1.29 is 8.42 Å². The molecule has 1 N–H and O–H groups in total. The van der Waals surface area contributed by atoms with Crippen LogP contribution in [0.15, 0.2) is 30.3 Å². The Morgan fingerprint density at radius 3 is 2.50 bits per heavy atom. The number of halogens is 1. The molecule has 102 valence electrons. The van der Waals surface area contributed by atoms with Gasteiger partial charge in [0.1, 0.15) is 4.66 Å². The molecule has 0 saturated heterocycles. The zero-order valence-corrected chi connectivity index (χ0v) is 12.9. The summed E-state index contributed by atoms with van der Waals surface area (Å²) in [5.74, 6) is 0. The molecule has 6 heteroatoms. The number of alkyl halides is 1. The second kappa shape index (κ2) is 7.76. The summed E-state index contributed by atoms with van der Waals surface area (Å²) in [6.45, 7) is 4.31. The lowest BCUT2D eigenvalue weighted by atomic mass is 10.2. The Morgan fingerprint density at radius 2 is 1.94 bits per heavy atom. The van der Waals surface area contributed by atoms with Gasteiger partial charge in [-0.2, -0.15) is 0 Å². The lowest BCUT2D eigenvalue weighted by Crippen LogP contribution is -2.30. The molecule has 0 aliphatic rings. The molecule has 0 aliphatic carbocycles. The lowest BCUT2D eigenvalue weighted by Gasteiger charge is -2.23. The summed E-state index contributed by atoms with van der Waals surface area (Å²) in [4.78, 5) is 2.22. The highest BCUT2D eigenvalue weighted by molar-refractivity contribution is 9.10. The summed E-state index contributed by atoms with van der Waals surface area (Å²) in [5, 5.41) is 0. The maximum Gasteiger partial charge on any atom is 0.221 e. The average Bonchev–Trinajstić information content (AvgIpc) is 2.40. The van der Waals surface area contributed by atoms with Gasteiger partial charge in [0.15, 0.2) is 0 Å². The van der Waals surface area contributed by atoms with Crippen LogP contribution >= 0.6 is 15.9 Å². The minimum absolute atomic E-state index is 0.0455. The predicted octanol–water partition coefficient (Wildman–Crippen LogP) is 2.17. The monoisotopic (exact) mass is 334 g/mol. The summed E-state index contributed by atoms with van der Waals surface area (Å²) in [6, 6.07) is 10.1. The van der Waals surface area contributed by atoms with Gasteiger partial charge in [-0.25, -0.2) is 13.1 Å². The molecule has 0 aliphatic heterocycles. The van der Waals surface area contributed by atoms with Crippen molar-refractivity contribution in [2.75, 3.05) is 29.2 Å². The molecule has 0 fully saturated rings. The Bertz CT molecular complexity index is 437. The molecule has 0 radical (unpaired) electrons. The number of anilines is 1. The second-order valence-corrected chi connectivity index (χ2v) is 7.00. The Morgan fingerprint density at radius 1 is 1.28 bits per heavy atom. The summed E-state index contributed by atoms with van der Waals surface area (Å²) >= 11 is 2.94. The molecule has 0 spiro atoms. The highest BCUT2D eigenvalue weighted by Crippen LogP contribution is 2.12. The number of nitrogens with zero attached hydrogens (tertiary/aromatic N) is 1. The Kier molecular flexibility index (Phi) is 6.67. The average molecular weight is 335 g/mol. The molecule has 0 heterocycles. The minimum atomic E-state index is -3.14. The molecular formula is C12H19BrN2O2S. The minimum Gasteiger partial charge on any atom is -0.372 e. The van der Waals surface area contributed by atoms with Crippen LogP contribution in [0.25, 0.3) is 0 Å². The van der Waals surface area contributed by atoms with Crippen molar-refractivity contribution in [2.24, 2.45) is 0 Å². The third-order valence-electron chi connectivity index (χ3n) is 2.57. The molecule has 0 amide bonds. The molecule has 1 aromatic rings. The van der Waals surface area contributed by atoms with Crippen LogP contribution in [-0.4, -0.2) is 32.7 Å². The lowest BCUT2D eigenvalue weighted by molar-refractivity contribution is 0.583. The zero-order valence-electron chi connectivity index (χ0n) is 10.5. The molecule has 0 bridgehead atoms. The van der Waals surface area contributed by atoms with Crippen LogP contribution < -0.4 is 9.62 Å². The van der Waals surface area contributed by atoms with Gasteiger partial charge in [-0.05, 0) is 25.5 Å². The van der Waals surface area contributed by atoms with Crippen molar-refractivity contribution in [3.05, 3.63) is 30.3 Å². The number of nitrogens with one attached hydrogen (secondary N) is 1. The van der Waals surface area contributed by atoms with E-state index in [0.717, 1.165) is 19.5 Å². The van der Waals surface area contributed by atoms with Crippen molar-refractivity contribution >= 4 is 31.6 Å². The first-order chi connectivity index (χ1) is 8.59. The largest absolute Gasteiger partial charge is 0.372 e. The number of benzene rings is 1. The molecule has 4 nitrogen and oxygen atoms in total. The van der Waals surface area contributed by atoms with Crippen LogP contribution in [0.1, 0.15) is 13.3 Å². The molecule has 1 aromatic carbocycles. The molecule has 0 unspecified atom stereocenters. The van der Waals surface area contributed by atoms with Crippen molar-refractivity contribution in [3.8, 4) is 0 Å². The third-order valence-corrected chi connectivity index (χ3v) is 5.31. The number of sulfonamides is 1. The fourth-order valence-corrected chi connectivity index (χ4v) is 2.66. The van der Waals surface area contributed by atoms with Crippen LogP contribution in [0.3, 0.4) is 0 Å². The zero-order chi connectivity index (χ0) is 13.4. The van der Waals surface area contributed by atoms with E-state index in [2.05, 4.69) is 44.6 Å². The van der Waals surface area contributed by atoms with Gasteiger partial charge in [-0.15, -0.1) is 0 Å². The van der Waals surface area contributed by atoms with Gasteiger partial charge in [0.05, 0.1) is 0 Å². The topological polar surface area (TPSA) is 49.4 Å². The summed E-state index contributed by atoms with van der Waals surface area (Å²) < 4.78 is 24.9. The predicted molar refractivity (Wildman–Crippen MR) is 79.7 cm³/mol. The van der Waals surface area contributed by atoms with Gasteiger partial charge in [0.2, 0.25) is 10.0 Å². The number of hydrogen-bond acceptors (Lipinski definition) is 3. The molecule has 18 heavy (non-hydrogen) atoms. The van der Waals surface area contributed by atoms with E-state index in [1.807, 2.05) is 18.2 Å². The summed E-state index contributed by atoms with van der Waals surface area (Å²) in [6.07, 6.45) is 0.787. The number of hydrogen-bond donors (Lipinski definition) is 1. The smallest absolute Gasteiger partial charge is 0.221 e. The van der Waals surface area contributed by atoms with Crippen LogP contribution in [0.2, 0.25) is 0 Å². The number of para-hydroxylation sites is 1. The first-order valence-corrected chi connectivity index (χ1v) is 8.69. The quantitative estimate of drug-likeness (QED) is 0.585. The third kappa shape index (κ3) is 5.37. The van der Waals surface area contributed by atoms with E-state index in [-0.39, 0.29) is 4.66 Å². The van der Waals surface area contributed by atoms with Gasteiger partial charge < -0.3 is 4.90 Å². The molecule has 0 aromatic heterocycles. The standard InChI is InChI=1S/C12H19BrN2O2S/c1-2-15(12-7-4-3-5-8-12)10-6-9-14-18(16,17)11-13/h3-5,7-8,14H,2,6,9-11H2,1H3. The van der Waals surface area contributed by atoms with Crippen LogP contribution in [-0.2, 0) is 10.0 Å². The van der Waals surface area contributed by atoms with Gasteiger partial charge in [-0.3, -0.25) is 0 Å². The van der Waals surface area contributed by atoms with Crippen molar-refractivity contribution in [1.29, 1.82) is 0 Å². The molecular weight excluding hydrogens is 316 g/mol. The first kappa shape index (κ1) is 15.5. The molecule has 0 saturated carbocycles. The van der Waals surface area contributed by atoms with E-state index in [0.29, 0.717) is 6.54 Å². The van der Waals surface area contributed by atoms with E-state index in [1.54, 1.807) is 0 Å². The second-order valence-electron chi connectivity index (χ2n) is 3.89. The highest BCUT2D eigenvalue weighted by atomic mass is 79.9. The van der Waals surface area contributed by atoms with E-state index in [4.69, 9.17) is 0 Å². The summed E-state index contributed by atoms with van der Waals surface area (Å²) in [5.41, 5.74) is 1.17. The fourth-order valence-electron chi connectivity index (χ4n) is 1.64. The normalized spacial score (nSPS) is 11.4. The van der Waals surface area contributed by atoms with Crippen molar-refractivity contribution in [1.82, 2.24) is 4.72 Å². The highest BCUT2D eigenvalue weighted by Gasteiger charge is 2.07. The Labute approximate surface area is 118 Å². The Balaban J connectivity index is 2.38. The van der Waals surface area contributed by atoms with Gasteiger partial charge >= 0.3 is 0 Å². The Hall–Kier alpha value is -0.590. The van der Waals surface area contributed by atoms with Gasteiger partial charge in [-0.1, -0.05) is 34.1 Å². The maximum absolute atomic E-state index is 11.2. The van der Waals surface area contributed by atoms with Crippen molar-refractivity contribution in [2.45, 2.75) is 13.3 Å². The SMILES string of the molecule is CCN(CCCNS(=O)(=O)CBr)c1ccccc1. The van der Waals surface area contributed by atoms with E-state index >= 15 is 0 Å². The number of rotatable bonds is 8. The van der Waals surface area contributed by atoms with E-state index in [9.17, 15) is 8.42 Å².